The molecule has 0 spiro atoms. The van der Waals surface area contributed by atoms with Crippen LogP contribution >= 0.6 is 27.7 Å². The molecule has 2 nitrogen and oxygen atoms in total. The van der Waals surface area contributed by atoms with Crippen LogP contribution in [0.3, 0.4) is 0 Å². The Morgan fingerprint density at radius 2 is 1.84 bits per heavy atom. The lowest BCUT2D eigenvalue weighted by Gasteiger charge is -2.06. The van der Waals surface area contributed by atoms with Crippen LogP contribution in [0.2, 0.25) is 0 Å². The predicted octanol–water partition coefficient (Wildman–Crippen LogP) is 4.58. The first-order valence-corrected chi connectivity index (χ1v) is 6.74. The second-order valence-electron chi connectivity index (χ2n) is 3.62. The first kappa shape index (κ1) is 14.0. The van der Waals surface area contributed by atoms with E-state index >= 15 is 0 Å². The van der Waals surface area contributed by atoms with E-state index in [1.165, 1.54) is 12.1 Å². The molecule has 2 aromatic carbocycles. The summed E-state index contributed by atoms with van der Waals surface area (Å²) < 4.78 is 26.5. The number of carboxylic acid groups (broad SMARTS) is 1. The van der Waals surface area contributed by atoms with Gasteiger partial charge in [-0.2, -0.15) is 0 Å². The molecule has 0 unspecified atom stereocenters. The average Bonchev–Trinajstić information content (AvgIpc) is 2.36. The van der Waals surface area contributed by atoms with Gasteiger partial charge in [-0.3, -0.25) is 0 Å². The van der Waals surface area contributed by atoms with Crippen LogP contribution in [0.15, 0.2) is 50.7 Å². The van der Waals surface area contributed by atoms with Gasteiger partial charge in [0, 0.05) is 14.3 Å². The fourth-order valence-corrected chi connectivity index (χ4v) is 2.73. The standard InChI is InChI=1S/C13H7BrF2O2S/c14-7-1-4-12(9(5-7)13(17)18)19-8-2-3-10(15)11(16)6-8/h1-6H,(H,17,18). The molecule has 0 fully saturated rings. The van der Waals surface area contributed by atoms with E-state index in [1.807, 2.05) is 0 Å². The van der Waals surface area contributed by atoms with Crippen molar-refractivity contribution >= 4 is 33.7 Å². The first-order chi connectivity index (χ1) is 8.97. The van der Waals surface area contributed by atoms with E-state index in [-0.39, 0.29) is 5.56 Å². The van der Waals surface area contributed by atoms with Crippen molar-refractivity contribution in [2.45, 2.75) is 9.79 Å². The summed E-state index contributed by atoms with van der Waals surface area (Å²) in [6.45, 7) is 0. The van der Waals surface area contributed by atoms with Crippen molar-refractivity contribution in [1.29, 1.82) is 0 Å². The molecule has 0 radical (unpaired) electrons. The van der Waals surface area contributed by atoms with Crippen LogP contribution in [0.4, 0.5) is 8.78 Å². The molecule has 6 heteroatoms. The molecule has 0 bridgehead atoms. The second-order valence-corrected chi connectivity index (χ2v) is 5.65. The summed E-state index contributed by atoms with van der Waals surface area (Å²) >= 11 is 4.25. The number of benzene rings is 2. The molecule has 0 amide bonds. The zero-order chi connectivity index (χ0) is 14.0. The van der Waals surface area contributed by atoms with Gasteiger partial charge in [0.25, 0.3) is 0 Å². The quantitative estimate of drug-likeness (QED) is 0.885. The summed E-state index contributed by atoms with van der Waals surface area (Å²) in [7, 11) is 0. The van der Waals surface area contributed by atoms with E-state index < -0.39 is 17.6 Å². The van der Waals surface area contributed by atoms with Crippen molar-refractivity contribution in [1.82, 2.24) is 0 Å². The molecule has 2 aromatic rings. The molecule has 0 aromatic heterocycles. The largest absolute Gasteiger partial charge is 0.478 e. The summed E-state index contributed by atoms with van der Waals surface area (Å²) in [5, 5.41) is 9.10. The van der Waals surface area contributed by atoms with Crippen LogP contribution in [-0.4, -0.2) is 11.1 Å². The van der Waals surface area contributed by atoms with Crippen LogP contribution in [0, 0.1) is 11.6 Å². The van der Waals surface area contributed by atoms with E-state index in [4.69, 9.17) is 5.11 Å². The van der Waals surface area contributed by atoms with Gasteiger partial charge >= 0.3 is 5.97 Å². The molecule has 19 heavy (non-hydrogen) atoms. The molecule has 0 saturated carbocycles. The summed E-state index contributed by atoms with van der Waals surface area (Å²) in [6.07, 6.45) is 0. The van der Waals surface area contributed by atoms with E-state index in [9.17, 15) is 13.6 Å². The molecule has 2 rings (SSSR count). The Kier molecular flexibility index (Phi) is 4.21. The lowest BCUT2D eigenvalue weighted by molar-refractivity contribution is 0.0693. The van der Waals surface area contributed by atoms with Gasteiger partial charge in [-0.15, -0.1) is 0 Å². The number of hydrogen-bond donors (Lipinski definition) is 1. The maximum absolute atomic E-state index is 13.1. The van der Waals surface area contributed by atoms with Gasteiger partial charge in [0.2, 0.25) is 0 Å². The maximum Gasteiger partial charge on any atom is 0.336 e. The highest BCUT2D eigenvalue weighted by Gasteiger charge is 2.12. The van der Waals surface area contributed by atoms with Crippen molar-refractivity contribution in [3.63, 3.8) is 0 Å². The van der Waals surface area contributed by atoms with Crippen molar-refractivity contribution in [3.05, 3.63) is 58.1 Å². The Hall–Kier alpha value is -1.40. The van der Waals surface area contributed by atoms with Gasteiger partial charge in [-0.1, -0.05) is 27.7 Å². The smallest absolute Gasteiger partial charge is 0.336 e. The number of hydrogen-bond acceptors (Lipinski definition) is 2. The van der Waals surface area contributed by atoms with Gasteiger partial charge in [-0.05, 0) is 36.4 Å². The number of carboxylic acids is 1. The number of halogens is 3. The van der Waals surface area contributed by atoms with Gasteiger partial charge < -0.3 is 5.11 Å². The van der Waals surface area contributed by atoms with Gasteiger partial charge in [-0.25, -0.2) is 13.6 Å². The van der Waals surface area contributed by atoms with Gasteiger partial charge in [0.15, 0.2) is 11.6 Å². The lowest BCUT2D eigenvalue weighted by Crippen LogP contribution is -1.98. The Balaban J connectivity index is 2.37. The summed E-state index contributed by atoms with van der Waals surface area (Å²) in [5.41, 5.74) is 0.101. The van der Waals surface area contributed by atoms with E-state index in [2.05, 4.69) is 15.9 Å². The lowest BCUT2D eigenvalue weighted by atomic mass is 10.2. The average molecular weight is 345 g/mol. The van der Waals surface area contributed by atoms with Gasteiger partial charge in [0.05, 0.1) is 5.56 Å². The third kappa shape index (κ3) is 3.33. The molecule has 1 N–H and O–H groups in total. The van der Waals surface area contributed by atoms with Crippen LogP contribution in [-0.2, 0) is 0 Å². The summed E-state index contributed by atoms with van der Waals surface area (Å²) in [5.74, 6) is -2.97. The van der Waals surface area contributed by atoms with E-state index in [0.29, 0.717) is 14.3 Å². The van der Waals surface area contributed by atoms with Crippen molar-refractivity contribution in [2.24, 2.45) is 0 Å². The Morgan fingerprint density at radius 3 is 2.47 bits per heavy atom. The number of aromatic carboxylic acids is 1. The fraction of sp³-hybridized carbons (Fsp3) is 0. The topological polar surface area (TPSA) is 37.3 Å². The minimum absolute atomic E-state index is 0.101. The molecular formula is C13H7BrF2O2S. The maximum atomic E-state index is 13.1. The molecule has 0 aliphatic carbocycles. The van der Waals surface area contributed by atoms with E-state index in [1.54, 1.807) is 12.1 Å². The third-order valence-corrected chi connectivity index (χ3v) is 3.85. The summed E-state index contributed by atoms with van der Waals surface area (Å²) in [4.78, 5) is 12.0. The Morgan fingerprint density at radius 1 is 1.11 bits per heavy atom. The van der Waals surface area contributed by atoms with Crippen molar-refractivity contribution in [2.75, 3.05) is 0 Å². The SMILES string of the molecule is O=C(O)c1cc(Br)ccc1Sc1ccc(F)c(F)c1. The van der Waals surface area contributed by atoms with E-state index in [0.717, 1.165) is 23.9 Å². The molecule has 0 aliphatic heterocycles. The highest BCUT2D eigenvalue weighted by atomic mass is 79.9. The van der Waals surface area contributed by atoms with Crippen molar-refractivity contribution in [3.8, 4) is 0 Å². The second kappa shape index (κ2) is 5.71. The zero-order valence-corrected chi connectivity index (χ0v) is 11.8. The minimum atomic E-state index is -1.08. The predicted molar refractivity (Wildman–Crippen MR) is 71.6 cm³/mol. The number of carbonyl (C=O) groups is 1. The Bertz CT molecular complexity index is 647. The normalized spacial score (nSPS) is 10.5. The van der Waals surface area contributed by atoms with Crippen LogP contribution < -0.4 is 0 Å². The highest BCUT2D eigenvalue weighted by molar-refractivity contribution is 9.10. The fourth-order valence-electron chi connectivity index (χ4n) is 1.43. The molecule has 0 saturated heterocycles. The van der Waals surface area contributed by atoms with Crippen LogP contribution in [0.1, 0.15) is 10.4 Å². The first-order valence-electron chi connectivity index (χ1n) is 5.13. The zero-order valence-electron chi connectivity index (χ0n) is 9.36. The van der Waals surface area contributed by atoms with Crippen LogP contribution in [0.25, 0.3) is 0 Å². The highest BCUT2D eigenvalue weighted by Crippen LogP contribution is 2.32. The molecule has 0 heterocycles. The number of rotatable bonds is 3. The van der Waals surface area contributed by atoms with Crippen molar-refractivity contribution < 1.29 is 18.7 Å². The monoisotopic (exact) mass is 344 g/mol. The molecular weight excluding hydrogens is 338 g/mol. The molecule has 98 valence electrons. The molecule has 0 atom stereocenters. The molecule has 0 aliphatic rings. The third-order valence-electron chi connectivity index (χ3n) is 2.29. The Labute approximate surface area is 120 Å². The van der Waals surface area contributed by atoms with Crippen LogP contribution in [0.5, 0.6) is 0 Å². The van der Waals surface area contributed by atoms with Gasteiger partial charge in [0.1, 0.15) is 0 Å². The summed E-state index contributed by atoms with van der Waals surface area (Å²) in [6, 6.07) is 8.21. The minimum Gasteiger partial charge on any atom is -0.478 e.